The molecule has 0 fully saturated rings. The third kappa shape index (κ3) is 5.52. The average Bonchev–Trinajstić information content (AvgIpc) is 3.09. The Bertz CT molecular complexity index is 1290. The molecule has 0 aliphatic rings. The minimum absolute atomic E-state index is 0.165. The summed E-state index contributed by atoms with van der Waals surface area (Å²) in [6.07, 6.45) is -0.899. The number of halogens is 4. The molecule has 2 aromatic carbocycles. The second-order valence-corrected chi connectivity index (χ2v) is 14.7. The maximum atomic E-state index is 13.5. The topological polar surface area (TPSA) is 105 Å². The predicted molar refractivity (Wildman–Crippen MR) is 140 cm³/mol. The summed E-state index contributed by atoms with van der Waals surface area (Å²) in [7, 11) is 0. The first-order valence-corrected chi connectivity index (χ1v) is 16.4. The third-order valence-electron chi connectivity index (χ3n) is 5.34. The number of alkyl halides is 4. The second kappa shape index (κ2) is 11.0. The van der Waals surface area contributed by atoms with Crippen molar-refractivity contribution in [3.05, 3.63) is 46.4 Å². The van der Waals surface area contributed by atoms with Gasteiger partial charge in [-0.1, -0.05) is 0 Å². The molecule has 2 atom stereocenters. The number of Topliss-reactive ketones (excluding diaryl/α,β-unsaturated/α-hetero) is 1. The number of carboxylic acid groups (broad SMARTS) is 1. The normalized spacial score (nSPS) is 13.5. The first-order chi connectivity index (χ1) is 16.0. The molecule has 182 valence electrons. The van der Waals surface area contributed by atoms with Crippen LogP contribution in [-0.4, -0.2) is 59.7 Å². The Balaban J connectivity index is 1.97. The van der Waals surface area contributed by atoms with Crippen LogP contribution < -0.4 is 5.32 Å². The molecule has 0 saturated carbocycles. The molecule has 1 heterocycles. The number of carbonyl (C=O) groups excluding carboxylic acids is 3. The van der Waals surface area contributed by atoms with Crippen molar-refractivity contribution < 1.29 is 28.7 Å². The number of hydrogen-bond donors (Lipinski definition) is 2. The number of benzene rings is 2. The number of aliphatic carboxylic acids is 1. The molecule has 2 N–H and O–H groups in total. The predicted octanol–water partition coefficient (Wildman–Crippen LogP) is 4.76. The fourth-order valence-electron chi connectivity index (χ4n) is 3.70. The van der Waals surface area contributed by atoms with Crippen LogP contribution in [0.5, 0.6) is 0 Å². The number of aromatic nitrogens is 1. The summed E-state index contributed by atoms with van der Waals surface area (Å²) in [5.41, 5.74) is 1.17. The van der Waals surface area contributed by atoms with Crippen molar-refractivity contribution in [3.63, 3.8) is 0 Å². The van der Waals surface area contributed by atoms with Crippen molar-refractivity contribution in [2.75, 3.05) is 16.5 Å². The van der Waals surface area contributed by atoms with E-state index in [4.69, 9.17) is 28.3 Å². The molecule has 11 heteroatoms. The number of ketones is 1. The zero-order valence-corrected chi connectivity index (χ0v) is 21.9. The fraction of sp³-hybridized carbons (Fsp3) is 0.304. The van der Waals surface area contributed by atoms with E-state index in [0.29, 0.717) is 16.1 Å². The second-order valence-electron chi connectivity index (χ2n) is 7.77. The summed E-state index contributed by atoms with van der Waals surface area (Å²) >= 11 is 10.4. The van der Waals surface area contributed by atoms with Crippen molar-refractivity contribution in [3.8, 4) is 0 Å². The fourth-order valence-corrected chi connectivity index (χ4v) is 6.59. The van der Waals surface area contributed by atoms with Gasteiger partial charge in [0.1, 0.15) is 0 Å². The SMILES string of the molecule is CI(C)[C@H](CC(=O)n1c2ccccc2c2cc(Cl)c(Cl)cc21)C(=O)NC(CC(=O)O)C(=O)CF. The molecular formula is C23H22Cl2FIN2O5. The van der Waals surface area contributed by atoms with Crippen LogP contribution in [0.15, 0.2) is 36.4 Å². The van der Waals surface area contributed by atoms with Gasteiger partial charge in [0.25, 0.3) is 0 Å². The van der Waals surface area contributed by atoms with E-state index in [-0.39, 0.29) is 17.4 Å². The van der Waals surface area contributed by atoms with Gasteiger partial charge in [0, 0.05) is 0 Å². The van der Waals surface area contributed by atoms with Crippen LogP contribution in [-0.2, 0) is 14.4 Å². The van der Waals surface area contributed by atoms with Gasteiger partial charge < -0.3 is 0 Å². The summed E-state index contributed by atoms with van der Waals surface area (Å²) in [5.74, 6) is -3.35. The van der Waals surface area contributed by atoms with Crippen LogP contribution in [0.4, 0.5) is 4.39 Å². The van der Waals surface area contributed by atoms with E-state index in [2.05, 4.69) is 5.32 Å². The van der Waals surface area contributed by atoms with Crippen molar-refractivity contribution in [2.45, 2.75) is 22.8 Å². The van der Waals surface area contributed by atoms with Gasteiger partial charge in [-0.05, 0) is 0 Å². The van der Waals surface area contributed by atoms with Crippen LogP contribution in [0.1, 0.15) is 17.6 Å². The van der Waals surface area contributed by atoms with Crippen LogP contribution in [0.25, 0.3) is 21.8 Å². The summed E-state index contributed by atoms with van der Waals surface area (Å²) in [6, 6.07) is 9.06. The Labute approximate surface area is 212 Å². The molecule has 3 rings (SSSR count). The minimum atomic E-state index is -2.02. The molecule has 0 saturated heterocycles. The molecule has 1 unspecified atom stereocenters. The third-order valence-corrected chi connectivity index (χ3v) is 10.1. The summed E-state index contributed by atoms with van der Waals surface area (Å²) < 4.78 is 13.6. The van der Waals surface area contributed by atoms with E-state index >= 15 is 0 Å². The van der Waals surface area contributed by atoms with Crippen molar-refractivity contribution in [1.29, 1.82) is 0 Å². The number of para-hydroxylation sites is 1. The Morgan fingerprint density at radius 2 is 1.68 bits per heavy atom. The van der Waals surface area contributed by atoms with Gasteiger partial charge in [-0.2, -0.15) is 0 Å². The first kappa shape index (κ1) is 26.4. The summed E-state index contributed by atoms with van der Waals surface area (Å²) in [5, 5.41) is 13.5. The molecular weight excluding hydrogens is 601 g/mol. The van der Waals surface area contributed by atoms with Gasteiger partial charge in [0.2, 0.25) is 0 Å². The van der Waals surface area contributed by atoms with E-state index < -0.39 is 60.5 Å². The maximum absolute atomic E-state index is 13.5. The first-order valence-electron chi connectivity index (χ1n) is 10.1. The number of carboxylic acids is 1. The molecule has 0 aliphatic heterocycles. The number of amides is 1. The van der Waals surface area contributed by atoms with Gasteiger partial charge in [-0.3, -0.25) is 0 Å². The zero-order valence-electron chi connectivity index (χ0n) is 18.3. The van der Waals surface area contributed by atoms with Crippen molar-refractivity contribution in [1.82, 2.24) is 9.88 Å². The Kier molecular flexibility index (Phi) is 8.53. The Morgan fingerprint density at radius 3 is 2.29 bits per heavy atom. The van der Waals surface area contributed by atoms with Crippen LogP contribution >= 0.6 is 43.0 Å². The number of nitrogens with one attached hydrogen (secondary N) is 1. The number of fused-ring (bicyclic) bond motifs is 3. The standard InChI is InChI=1S/C23H22Cl2FIN2O5/c1-27(2)16(23(34)28-17(10-22(32)33)20(30)11-26)9-21(31)29-18-6-4-3-5-12(18)13-7-14(24)15(25)8-19(13)29/h3-8,16-17H,9-11H2,1-2H3,(H,28,34)(H,32,33)/t16-,17?/m1/s1. The van der Waals surface area contributed by atoms with Crippen molar-refractivity contribution in [2.24, 2.45) is 0 Å². The number of carbonyl (C=O) groups is 4. The van der Waals surface area contributed by atoms with E-state index in [0.717, 1.165) is 10.8 Å². The van der Waals surface area contributed by atoms with Gasteiger partial charge in [-0.25, -0.2) is 0 Å². The van der Waals surface area contributed by atoms with Crippen molar-refractivity contribution >= 4 is 88.4 Å². The molecule has 1 amide bonds. The molecule has 3 aromatic rings. The van der Waals surface area contributed by atoms with Gasteiger partial charge in [0.05, 0.1) is 0 Å². The quantitative estimate of drug-likeness (QED) is 0.264. The number of hydrogen-bond acceptors (Lipinski definition) is 4. The van der Waals surface area contributed by atoms with E-state index in [1.54, 1.807) is 24.3 Å². The van der Waals surface area contributed by atoms with E-state index in [9.17, 15) is 23.6 Å². The molecule has 0 aliphatic carbocycles. The van der Waals surface area contributed by atoms with Gasteiger partial charge in [0.15, 0.2) is 0 Å². The van der Waals surface area contributed by atoms with Gasteiger partial charge in [-0.15, -0.1) is 0 Å². The molecule has 1 aromatic heterocycles. The van der Waals surface area contributed by atoms with E-state index in [1.165, 1.54) is 4.57 Å². The molecule has 0 bridgehead atoms. The molecule has 34 heavy (non-hydrogen) atoms. The number of nitrogens with zero attached hydrogens (tertiary/aromatic N) is 1. The molecule has 0 radical (unpaired) electrons. The van der Waals surface area contributed by atoms with Crippen LogP contribution in [0, 0.1) is 0 Å². The van der Waals surface area contributed by atoms with Crippen LogP contribution in [0.2, 0.25) is 10.0 Å². The average molecular weight is 623 g/mol. The molecule has 7 nitrogen and oxygen atoms in total. The zero-order chi connectivity index (χ0) is 25.2. The van der Waals surface area contributed by atoms with Gasteiger partial charge >= 0.3 is 213 Å². The number of rotatable bonds is 9. The Morgan fingerprint density at radius 1 is 1.03 bits per heavy atom. The summed E-state index contributed by atoms with van der Waals surface area (Å²) in [4.78, 5) is 53.1. The monoisotopic (exact) mass is 622 g/mol. The van der Waals surface area contributed by atoms with E-state index in [1.807, 2.05) is 22.0 Å². The molecule has 0 spiro atoms. The summed E-state index contributed by atoms with van der Waals surface area (Å²) in [6.45, 7) is -1.40. The Hall–Kier alpha value is -2.24. The van der Waals surface area contributed by atoms with Crippen LogP contribution in [0.3, 0.4) is 0 Å².